The van der Waals surface area contributed by atoms with Crippen LogP contribution in [0.3, 0.4) is 0 Å². The lowest BCUT2D eigenvalue weighted by Gasteiger charge is -2.41. The summed E-state index contributed by atoms with van der Waals surface area (Å²) in [5.41, 5.74) is 0. The summed E-state index contributed by atoms with van der Waals surface area (Å²) < 4.78 is 58.1. The molecule has 1 aliphatic rings. The summed E-state index contributed by atoms with van der Waals surface area (Å²) in [6.07, 6.45) is 8.01. The predicted octanol–water partition coefficient (Wildman–Crippen LogP) is 3.84. The lowest BCUT2D eigenvalue weighted by Crippen LogP contribution is -2.60. The van der Waals surface area contributed by atoms with E-state index >= 15 is 0 Å². The highest BCUT2D eigenvalue weighted by atomic mass is 32.3. The molecule has 1 aliphatic heterocycles. The van der Waals surface area contributed by atoms with Gasteiger partial charge in [-0.05, 0) is 12.8 Å². The Morgan fingerprint density at radius 2 is 1.36 bits per heavy atom. The third-order valence-corrected chi connectivity index (χ3v) is 7.69. The third kappa shape index (κ3) is 18.0. The van der Waals surface area contributed by atoms with Crippen molar-refractivity contribution >= 4 is 16.4 Å². The summed E-state index contributed by atoms with van der Waals surface area (Å²) in [7, 11) is -5.04. The minimum Gasteiger partial charge on any atom is -0.457 e. The summed E-state index contributed by atoms with van der Waals surface area (Å²) in [5.74, 6) is -0.417. The van der Waals surface area contributed by atoms with Crippen LogP contribution in [0.2, 0.25) is 0 Å². The van der Waals surface area contributed by atoms with E-state index in [1.807, 2.05) is 0 Å². The van der Waals surface area contributed by atoms with Crippen LogP contribution in [0.5, 0.6) is 0 Å². The number of carbonyl (C=O) groups excluding carboxylic acids is 1. The smallest absolute Gasteiger partial charge is 0.397 e. The molecule has 6 unspecified atom stereocenters. The second kappa shape index (κ2) is 23.5. The molecule has 1 fully saturated rings. The summed E-state index contributed by atoms with van der Waals surface area (Å²) in [4.78, 5) is 12.4. The zero-order valence-corrected chi connectivity index (χ0v) is 26.4. The predicted molar refractivity (Wildman–Crippen MR) is 156 cm³/mol. The van der Waals surface area contributed by atoms with Gasteiger partial charge in [-0.1, -0.05) is 97.3 Å². The number of hydrogen-bond acceptors (Lipinski definition) is 11. The van der Waals surface area contributed by atoms with Gasteiger partial charge in [-0.15, -0.1) is 0 Å². The number of unbranched alkanes of at least 4 members (excludes halogenated alkanes) is 13. The van der Waals surface area contributed by atoms with Crippen LogP contribution in [-0.2, 0) is 38.3 Å². The number of ether oxygens (including phenoxy) is 4. The van der Waals surface area contributed by atoms with Crippen LogP contribution < -0.4 is 0 Å². The minimum atomic E-state index is -5.04. The lowest BCUT2D eigenvalue weighted by atomic mass is 9.99. The Morgan fingerprint density at radius 1 is 0.810 bits per heavy atom. The maximum Gasteiger partial charge on any atom is 0.397 e. The van der Waals surface area contributed by atoms with Crippen molar-refractivity contribution in [2.24, 2.45) is 0 Å². The second-order valence-corrected chi connectivity index (χ2v) is 12.1. The van der Waals surface area contributed by atoms with Crippen LogP contribution in [0.4, 0.5) is 0 Å². The fourth-order valence-corrected chi connectivity index (χ4v) is 5.30. The Morgan fingerprint density at radius 3 is 1.90 bits per heavy atom. The second-order valence-electron chi connectivity index (χ2n) is 11.1. The number of hydrogen-bond donors (Lipinski definition) is 4. The summed E-state index contributed by atoms with van der Waals surface area (Å²) in [6, 6.07) is 0. The molecule has 6 atom stereocenters. The molecule has 42 heavy (non-hydrogen) atoms. The molecular weight excluding hydrogens is 572 g/mol. The Kier molecular flexibility index (Phi) is 21.9. The van der Waals surface area contributed by atoms with Crippen molar-refractivity contribution in [2.75, 3.05) is 26.4 Å². The van der Waals surface area contributed by atoms with Gasteiger partial charge in [-0.3, -0.25) is 9.35 Å². The number of esters is 1. The molecule has 0 bridgehead atoms. The molecule has 0 aromatic carbocycles. The molecule has 250 valence electrons. The van der Waals surface area contributed by atoms with Crippen LogP contribution in [-0.4, -0.2) is 97.5 Å². The molecule has 1 saturated heterocycles. The van der Waals surface area contributed by atoms with Crippen molar-refractivity contribution in [1.29, 1.82) is 0 Å². The minimum absolute atomic E-state index is 0.0400. The van der Waals surface area contributed by atoms with Gasteiger partial charge in [0.05, 0.1) is 19.8 Å². The van der Waals surface area contributed by atoms with E-state index in [2.05, 4.69) is 18.0 Å². The maximum atomic E-state index is 12.4. The van der Waals surface area contributed by atoms with Gasteiger partial charge >= 0.3 is 16.4 Å². The summed E-state index contributed by atoms with van der Waals surface area (Å²) in [5, 5.41) is 30.2. The first-order chi connectivity index (χ1) is 20.1. The highest BCUT2D eigenvalue weighted by Gasteiger charge is 2.48. The van der Waals surface area contributed by atoms with Gasteiger partial charge in [-0.2, -0.15) is 8.42 Å². The van der Waals surface area contributed by atoms with Crippen molar-refractivity contribution in [3.8, 4) is 0 Å². The van der Waals surface area contributed by atoms with Crippen molar-refractivity contribution in [2.45, 2.75) is 153 Å². The molecule has 1 heterocycles. The Bertz CT molecular complexity index is 781. The van der Waals surface area contributed by atoms with Crippen molar-refractivity contribution < 1.29 is 56.2 Å². The largest absolute Gasteiger partial charge is 0.457 e. The Labute approximate surface area is 252 Å². The monoisotopic (exact) mass is 628 g/mol. The Hall–Kier alpha value is -0.900. The highest BCUT2D eigenvalue weighted by molar-refractivity contribution is 7.80. The number of aliphatic hydroxyl groups excluding tert-OH is 3. The lowest BCUT2D eigenvalue weighted by molar-refractivity contribution is -0.301. The average molecular weight is 629 g/mol. The zero-order chi connectivity index (χ0) is 31.2. The summed E-state index contributed by atoms with van der Waals surface area (Å²) >= 11 is 0. The van der Waals surface area contributed by atoms with E-state index in [0.717, 1.165) is 38.5 Å². The van der Waals surface area contributed by atoms with E-state index in [1.165, 1.54) is 51.4 Å². The number of carbonyl (C=O) groups is 1. The molecule has 0 amide bonds. The van der Waals surface area contributed by atoms with Crippen LogP contribution >= 0.6 is 0 Å². The molecule has 0 aromatic rings. The molecule has 1 rings (SSSR count). The van der Waals surface area contributed by atoms with Crippen molar-refractivity contribution in [1.82, 2.24) is 0 Å². The van der Waals surface area contributed by atoms with E-state index < -0.39 is 59.8 Å². The topological polar surface area (TPSA) is 178 Å². The maximum absolute atomic E-state index is 12.4. The summed E-state index contributed by atoms with van der Waals surface area (Å²) in [6.45, 7) is 3.81. The molecule has 13 heteroatoms. The molecule has 12 nitrogen and oxygen atoms in total. The van der Waals surface area contributed by atoms with Crippen LogP contribution in [0.15, 0.2) is 0 Å². The van der Waals surface area contributed by atoms with Crippen LogP contribution in [0, 0.1) is 0 Å². The normalized spacial score (nSPS) is 23.6. The molecule has 0 spiro atoms. The SMILES string of the molecule is CCCCCCCCCCCCCOCC(COC1OC(CO)C(O)C(OS(=O)(=O)O)C1O)OC(=O)CCCCCC. The molecule has 0 aliphatic carbocycles. The van der Waals surface area contributed by atoms with Gasteiger partial charge in [0.25, 0.3) is 0 Å². The molecular formula is C29H56O12S. The van der Waals surface area contributed by atoms with Gasteiger partial charge in [0.15, 0.2) is 6.29 Å². The average Bonchev–Trinajstić information content (AvgIpc) is 2.94. The van der Waals surface area contributed by atoms with Gasteiger partial charge in [0, 0.05) is 13.0 Å². The molecule has 0 aromatic heterocycles. The number of rotatable bonds is 26. The van der Waals surface area contributed by atoms with Gasteiger partial charge in [0.2, 0.25) is 0 Å². The first-order valence-corrected chi connectivity index (χ1v) is 17.2. The fraction of sp³-hybridized carbons (Fsp3) is 0.966. The van der Waals surface area contributed by atoms with E-state index in [0.29, 0.717) is 13.0 Å². The first kappa shape index (κ1) is 39.1. The number of aliphatic hydroxyl groups is 3. The molecule has 0 saturated carbocycles. The van der Waals surface area contributed by atoms with E-state index in [1.54, 1.807) is 0 Å². The van der Waals surface area contributed by atoms with Gasteiger partial charge in [0.1, 0.15) is 30.5 Å². The first-order valence-electron chi connectivity index (χ1n) is 15.8. The standard InChI is InChI=1S/C29H56O12S/c1-3-5-7-9-10-11-12-13-14-15-17-19-37-21-23(39-25(31)18-16-8-6-4-2)22-38-29-27(33)28(41-42(34,35)36)26(32)24(20-30)40-29/h23-24,26-30,32-33H,3-22H2,1-2H3,(H,34,35,36). The molecule has 0 radical (unpaired) electrons. The highest BCUT2D eigenvalue weighted by Crippen LogP contribution is 2.26. The Balaban J connectivity index is 2.54. The van der Waals surface area contributed by atoms with Crippen LogP contribution in [0.1, 0.15) is 117 Å². The zero-order valence-electron chi connectivity index (χ0n) is 25.6. The van der Waals surface area contributed by atoms with Gasteiger partial charge < -0.3 is 34.3 Å². The molecule has 4 N–H and O–H groups in total. The van der Waals surface area contributed by atoms with Crippen molar-refractivity contribution in [3.05, 3.63) is 0 Å². The van der Waals surface area contributed by atoms with Gasteiger partial charge in [-0.25, -0.2) is 4.18 Å². The van der Waals surface area contributed by atoms with E-state index in [-0.39, 0.29) is 19.6 Å². The quantitative estimate of drug-likeness (QED) is 0.0619. The fourth-order valence-electron chi connectivity index (χ4n) is 4.79. The van der Waals surface area contributed by atoms with E-state index in [9.17, 15) is 28.5 Å². The van der Waals surface area contributed by atoms with Crippen molar-refractivity contribution in [3.63, 3.8) is 0 Å². The van der Waals surface area contributed by atoms with E-state index in [4.69, 9.17) is 23.5 Å². The van der Waals surface area contributed by atoms with Crippen LogP contribution in [0.25, 0.3) is 0 Å². The third-order valence-electron chi connectivity index (χ3n) is 7.23.